The zero-order valence-electron chi connectivity index (χ0n) is 21.0. The van der Waals surface area contributed by atoms with Gasteiger partial charge in [0.05, 0.1) is 0 Å². The lowest BCUT2D eigenvalue weighted by Crippen LogP contribution is -2.48. The number of amides is 1. The zero-order valence-corrected chi connectivity index (χ0v) is 21.0. The Balaban J connectivity index is 1.19. The van der Waals surface area contributed by atoms with E-state index >= 15 is 0 Å². The van der Waals surface area contributed by atoms with Crippen molar-refractivity contribution in [2.24, 2.45) is 0 Å². The molecule has 1 saturated carbocycles. The summed E-state index contributed by atoms with van der Waals surface area (Å²) in [6.45, 7) is 6.13. The van der Waals surface area contributed by atoms with Gasteiger partial charge < -0.3 is 24.3 Å². The second kappa shape index (κ2) is 9.97. The van der Waals surface area contributed by atoms with Gasteiger partial charge in [-0.25, -0.2) is 4.79 Å². The van der Waals surface area contributed by atoms with E-state index in [1.165, 1.54) is 5.56 Å². The van der Waals surface area contributed by atoms with Gasteiger partial charge in [0, 0.05) is 36.8 Å². The average molecular weight is 500 g/mol. The molecule has 0 atom stereocenters. The highest BCUT2D eigenvalue weighted by molar-refractivity contribution is 5.65. The van der Waals surface area contributed by atoms with Crippen molar-refractivity contribution in [1.29, 1.82) is 0 Å². The fourth-order valence-electron chi connectivity index (χ4n) is 4.42. The molecule has 4 aromatic rings. The lowest BCUT2D eigenvalue weighted by molar-refractivity contribution is 0.0833. The van der Waals surface area contributed by atoms with Gasteiger partial charge in [0.25, 0.3) is 0 Å². The van der Waals surface area contributed by atoms with Gasteiger partial charge in [-0.15, -0.1) is 10.2 Å². The van der Waals surface area contributed by atoms with Crippen LogP contribution in [-0.4, -0.2) is 33.5 Å². The van der Waals surface area contributed by atoms with Crippen LogP contribution in [0.1, 0.15) is 43.7 Å². The van der Waals surface area contributed by atoms with E-state index in [2.05, 4.69) is 53.6 Å². The standard InChI is InChI=1S/C29H29N3O5/c1-18-31-32-27(35-18)19-4-10-23(11-5-19)36-24-12-6-20(7-13-24)29(2,3)21-8-14-25(15-9-21)37-26-16-22(17-26)30-28(33)34/h4-15,22,26,30H,16-17H2,1-3H3,(H,33,34). The first-order valence-corrected chi connectivity index (χ1v) is 12.2. The summed E-state index contributed by atoms with van der Waals surface area (Å²) in [5.74, 6) is 3.28. The minimum Gasteiger partial charge on any atom is -0.490 e. The summed E-state index contributed by atoms with van der Waals surface area (Å²) in [4.78, 5) is 10.7. The van der Waals surface area contributed by atoms with E-state index in [1.807, 2.05) is 48.5 Å². The van der Waals surface area contributed by atoms with Crippen LogP contribution in [0.4, 0.5) is 4.79 Å². The van der Waals surface area contributed by atoms with E-state index < -0.39 is 6.09 Å². The van der Waals surface area contributed by atoms with Crippen molar-refractivity contribution < 1.29 is 23.8 Å². The number of aromatic nitrogens is 2. The van der Waals surface area contributed by atoms with Crippen LogP contribution in [0.3, 0.4) is 0 Å². The van der Waals surface area contributed by atoms with Gasteiger partial charge in [0.2, 0.25) is 11.8 Å². The van der Waals surface area contributed by atoms with Gasteiger partial charge in [-0.2, -0.15) is 0 Å². The van der Waals surface area contributed by atoms with E-state index in [1.54, 1.807) is 6.92 Å². The van der Waals surface area contributed by atoms with Crippen molar-refractivity contribution in [3.05, 3.63) is 89.8 Å². The molecule has 1 aromatic heterocycles. The average Bonchev–Trinajstić information content (AvgIpc) is 3.30. The Bertz CT molecular complexity index is 1360. The lowest BCUT2D eigenvalue weighted by atomic mass is 9.78. The Morgan fingerprint density at radius 3 is 1.95 bits per heavy atom. The third-order valence-corrected chi connectivity index (χ3v) is 6.74. The first-order chi connectivity index (χ1) is 17.8. The van der Waals surface area contributed by atoms with Gasteiger partial charge >= 0.3 is 6.09 Å². The Morgan fingerprint density at radius 1 is 0.892 bits per heavy atom. The number of aryl methyl sites for hydroxylation is 1. The van der Waals surface area contributed by atoms with Crippen molar-refractivity contribution in [2.75, 3.05) is 0 Å². The normalized spacial score (nSPS) is 17.1. The molecular formula is C29H29N3O5. The Hall–Kier alpha value is -4.33. The second-order valence-corrected chi connectivity index (χ2v) is 9.78. The molecule has 1 fully saturated rings. The summed E-state index contributed by atoms with van der Waals surface area (Å²) in [6, 6.07) is 23.8. The molecule has 0 radical (unpaired) electrons. The predicted molar refractivity (Wildman–Crippen MR) is 138 cm³/mol. The lowest BCUT2D eigenvalue weighted by Gasteiger charge is -2.35. The van der Waals surface area contributed by atoms with Crippen LogP contribution in [-0.2, 0) is 5.41 Å². The summed E-state index contributed by atoms with van der Waals surface area (Å²) < 4.78 is 17.5. The van der Waals surface area contributed by atoms with Crippen molar-refractivity contribution in [3.63, 3.8) is 0 Å². The Morgan fingerprint density at radius 2 is 1.43 bits per heavy atom. The third kappa shape index (κ3) is 5.58. The summed E-state index contributed by atoms with van der Waals surface area (Å²) in [5.41, 5.74) is 2.96. The van der Waals surface area contributed by atoms with Gasteiger partial charge in [-0.05, 0) is 59.7 Å². The smallest absolute Gasteiger partial charge is 0.404 e. The molecule has 0 unspecified atom stereocenters. The first-order valence-electron chi connectivity index (χ1n) is 12.2. The van der Waals surface area contributed by atoms with Crippen molar-refractivity contribution in [2.45, 2.75) is 51.2 Å². The molecule has 8 nitrogen and oxygen atoms in total. The molecule has 8 heteroatoms. The number of hydrogen-bond acceptors (Lipinski definition) is 6. The van der Waals surface area contributed by atoms with Crippen molar-refractivity contribution in [3.8, 4) is 28.7 Å². The highest BCUT2D eigenvalue weighted by atomic mass is 16.5. The zero-order chi connectivity index (χ0) is 26.0. The summed E-state index contributed by atoms with van der Waals surface area (Å²) >= 11 is 0. The van der Waals surface area contributed by atoms with Crippen LogP contribution in [0.25, 0.3) is 11.5 Å². The minimum atomic E-state index is -0.986. The summed E-state index contributed by atoms with van der Waals surface area (Å²) in [7, 11) is 0. The van der Waals surface area contributed by atoms with Crippen LogP contribution in [0.15, 0.2) is 77.2 Å². The Labute approximate surface area is 215 Å². The number of ether oxygens (including phenoxy) is 2. The quantitative estimate of drug-likeness (QED) is 0.291. The molecule has 5 rings (SSSR count). The highest BCUT2D eigenvalue weighted by Gasteiger charge is 2.32. The van der Waals surface area contributed by atoms with Crippen molar-refractivity contribution >= 4 is 6.09 Å². The minimum absolute atomic E-state index is 0.0204. The van der Waals surface area contributed by atoms with E-state index in [-0.39, 0.29) is 17.6 Å². The molecule has 0 spiro atoms. The molecule has 1 aliphatic carbocycles. The van der Waals surface area contributed by atoms with Gasteiger partial charge in [0.1, 0.15) is 23.4 Å². The number of nitrogens with one attached hydrogen (secondary N) is 1. The van der Waals surface area contributed by atoms with Gasteiger partial charge in [-0.1, -0.05) is 38.1 Å². The van der Waals surface area contributed by atoms with Crippen molar-refractivity contribution in [1.82, 2.24) is 15.5 Å². The number of rotatable bonds is 8. The number of nitrogens with zero attached hydrogens (tertiary/aromatic N) is 2. The molecular weight excluding hydrogens is 470 g/mol. The van der Waals surface area contributed by atoms with Crippen LogP contribution < -0.4 is 14.8 Å². The van der Waals surface area contributed by atoms with E-state index in [0.29, 0.717) is 24.6 Å². The summed E-state index contributed by atoms with van der Waals surface area (Å²) in [5, 5.41) is 19.2. The molecule has 190 valence electrons. The maximum absolute atomic E-state index is 10.7. The van der Waals surface area contributed by atoms with E-state index in [9.17, 15) is 4.79 Å². The fraction of sp³-hybridized carbons (Fsp3) is 0.276. The summed E-state index contributed by atoms with van der Waals surface area (Å²) in [6.07, 6.45) is 0.440. The third-order valence-electron chi connectivity index (χ3n) is 6.74. The molecule has 37 heavy (non-hydrogen) atoms. The number of carbonyl (C=O) groups is 1. The number of hydrogen-bond donors (Lipinski definition) is 2. The SMILES string of the molecule is Cc1nnc(-c2ccc(Oc3ccc(C(C)(C)c4ccc(OC5CC(NC(=O)O)C5)cc4)cc3)cc2)o1. The molecule has 0 saturated heterocycles. The Kier molecular flexibility index (Phi) is 6.56. The molecule has 1 heterocycles. The highest BCUT2D eigenvalue weighted by Crippen LogP contribution is 2.35. The molecule has 2 N–H and O–H groups in total. The number of benzene rings is 3. The largest absolute Gasteiger partial charge is 0.490 e. The van der Waals surface area contributed by atoms with Crippen LogP contribution in [0.5, 0.6) is 17.2 Å². The number of carboxylic acid groups (broad SMARTS) is 1. The van der Waals surface area contributed by atoms with Crippen LogP contribution in [0, 0.1) is 6.92 Å². The fourth-order valence-corrected chi connectivity index (χ4v) is 4.42. The molecule has 1 amide bonds. The van der Waals surface area contributed by atoms with E-state index in [4.69, 9.17) is 19.0 Å². The topological polar surface area (TPSA) is 107 Å². The molecule has 3 aromatic carbocycles. The van der Waals surface area contributed by atoms with Crippen LogP contribution >= 0.6 is 0 Å². The molecule has 0 bridgehead atoms. The maximum Gasteiger partial charge on any atom is 0.404 e. The molecule has 0 aliphatic heterocycles. The van der Waals surface area contributed by atoms with Gasteiger partial charge in [-0.3, -0.25) is 0 Å². The first kappa shape index (κ1) is 24.4. The molecule has 1 aliphatic rings. The monoisotopic (exact) mass is 499 g/mol. The predicted octanol–water partition coefficient (Wildman–Crippen LogP) is 6.34. The second-order valence-electron chi connectivity index (χ2n) is 9.78. The van der Waals surface area contributed by atoms with E-state index in [0.717, 1.165) is 28.4 Å². The maximum atomic E-state index is 10.7. The van der Waals surface area contributed by atoms with Crippen LogP contribution in [0.2, 0.25) is 0 Å². The van der Waals surface area contributed by atoms with Gasteiger partial charge in [0.15, 0.2) is 0 Å².